The molecule has 0 aliphatic carbocycles. The van der Waals surface area contributed by atoms with E-state index in [2.05, 4.69) is 102 Å². The molecule has 0 aliphatic heterocycles. The minimum Gasteiger partial charge on any atom is -0.491 e. The van der Waals surface area contributed by atoms with Crippen LogP contribution in [0.3, 0.4) is 0 Å². The first kappa shape index (κ1) is 38.0. The van der Waals surface area contributed by atoms with Crippen LogP contribution >= 0.6 is 22.7 Å². The SMILES string of the molecule is COCCOCCOc1ccc2cc(C)ccc2c1-c1c(OCCOCCOC)ccc2cc(-c3sc(-c4sc(C)c(C)c4C)c(C)c3C)ccc12. The number of thiophene rings is 2. The fraction of sp³-hybridized carbons (Fsp3) is 0.364. The number of ether oxygens (including phenoxy) is 6. The summed E-state index contributed by atoms with van der Waals surface area (Å²) in [5.41, 5.74) is 9.92. The van der Waals surface area contributed by atoms with Crippen molar-refractivity contribution < 1.29 is 28.4 Å². The van der Waals surface area contributed by atoms with Crippen LogP contribution < -0.4 is 9.47 Å². The highest BCUT2D eigenvalue weighted by atomic mass is 32.1. The lowest BCUT2D eigenvalue weighted by molar-refractivity contribution is 0.0542. The van der Waals surface area contributed by atoms with Crippen molar-refractivity contribution in [3.05, 3.63) is 93.4 Å². The fourth-order valence-electron chi connectivity index (χ4n) is 6.59. The molecule has 0 N–H and O–H groups in total. The Morgan fingerprint density at radius 2 is 0.962 bits per heavy atom. The molecule has 0 saturated heterocycles. The summed E-state index contributed by atoms with van der Waals surface area (Å²) in [6, 6.07) is 21.9. The smallest absolute Gasteiger partial charge is 0.128 e. The molecular formula is C44H50O6S2. The fourth-order valence-corrected chi connectivity index (χ4v) is 9.31. The van der Waals surface area contributed by atoms with E-state index in [1.807, 2.05) is 22.7 Å². The minimum atomic E-state index is 0.408. The number of hydrogen-bond donors (Lipinski definition) is 0. The van der Waals surface area contributed by atoms with Crippen molar-refractivity contribution in [3.8, 4) is 42.8 Å². The molecule has 0 bridgehead atoms. The zero-order valence-electron chi connectivity index (χ0n) is 31.7. The first-order valence-electron chi connectivity index (χ1n) is 17.9. The van der Waals surface area contributed by atoms with E-state index in [0.717, 1.165) is 44.2 Å². The van der Waals surface area contributed by atoms with Crippen LogP contribution in [0, 0.1) is 41.5 Å². The van der Waals surface area contributed by atoms with Crippen molar-refractivity contribution in [2.24, 2.45) is 0 Å². The molecule has 0 atom stereocenters. The third-order valence-electron chi connectivity index (χ3n) is 9.81. The number of rotatable bonds is 17. The second-order valence-corrected chi connectivity index (χ2v) is 15.4. The Morgan fingerprint density at radius 1 is 0.462 bits per heavy atom. The van der Waals surface area contributed by atoms with Gasteiger partial charge < -0.3 is 28.4 Å². The van der Waals surface area contributed by atoms with Crippen molar-refractivity contribution in [2.45, 2.75) is 41.5 Å². The van der Waals surface area contributed by atoms with Crippen molar-refractivity contribution >= 4 is 44.2 Å². The van der Waals surface area contributed by atoms with Crippen molar-refractivity contribution in [1.82, 2.24) is 0 Å². The van der Waals surface area contributed by atoms with Crippen LogP contribution in [-0.2, 0) is 18.9 Å². The maximum absolute atomic E-state index is 6.55. The number of methoxy groups -OCH3 is 2. The van der Waals surface area contributed by atoms with Crippen molar-refractivity contribution in [3.63, 3.8) is 0 Å². The highest BCUT2D eigenvalue weighted by Crippen LogP contribution is 2.49. The average Bonchev–Trinajstić information content (AvgIpc) is 3.58. The molecule has 6 aromatic rings. The largest absolute Gasteiger partial charge is 0.491 e. The standard InChI is InChI=1S/C44H50O6S2/c1-27-9-13-36-33(25-27)11-15-38(49-23-21-47-19-17-45-7)40(36)41-37-14-10-35(26-34(37)12-16-39(41)50-24-22-48-20-18-46-8)42-30(4)31(5)44(52-42)43-29(3)28(2)32(6)51-43/h9-16,25-26H,17-24H2,1-8H3. The van der Waals surface area contributed by atoms with E-state index in [1.54, 1.807) is 14.2 Å². The van der Waals surface area contributed by atoms with Crippen LogP contribution in [-0.4, -0.2) is 67.1 Å². The first-order chi connectivity index (χ1) is 25.2. The molecule has 0 fully saturated rings. The molecule has 2 heterocycles. The molecular weight excluding hydrogens is 689 g/mol. The van der Waals surface area contributed by atoms with Crippen LogP contribution in [0.1, 0.15) is 32.7 Å². The zero-order chi connectivity index (χ0) is 36.8. The normalized spacial score (nSPS) is 11.6. The highest BCUT2D eigenvalue weighted by Gasteiger charge is 2.22. The van der Waals surface area contributed by atoms with E-state index in [1.165, 1.54) is 52.9 Å². The Kier molecular flexibility index (Phi) is 12.7. The van der Waals surface area contributed by atoms with Gasteiger partial charge in [-0.25, -0.2) is 0 Å². The lowest BCUT2D eigenvalue weighted by Crippen LogP contribution is -2.11. The highest BCUT2D eigenvalue weighted by molar-refractivity contribution is 7.24. The van der Waals surface area contributed by atoms with Gasteiger partial charge in [-0.3, -0.25) is 0 Å². The average molecular weight is 739 g/mol. The Balaban J connectivity index is 1.47. The van der Waals surface area contributed by atoms with Gasteiger partial charge in [0.25, 0.3) is 0 Å². The monoisotopic (exact) mass is 738 g/mol. The topological polar surface area (TPSA) is 55.4 Å². The van der Waals surface area contributed by atoms with Gasteiger partial charge >= 0.3 is 0 Å². The number of benzene rings is 4. The minimum absolute atomic E-state index is 0.408. The van der Waals surface area contributed by atoms with E-state index >= 15 is 0 Å². The Labute approximate surface area is 316 Å². The molecule has 0 radical (unpaired) electrons. The van der Waals surface area contributed by atoms with Gasteiger partial charge in [-0.1, -0.05) is 48.0 Å². The molecule has 6 rings (SSSR count). The van der Waals surface area contributed by atoms with Crippen LogP contribution in [0.2, 0.25) is 0 Å². The summed E-state index contributed by atoms with van der Waals surface area (Å²) in [7, 11) is 3.35. The quantitative estimate of drug-likeness (QED) is 0.0869. The summed E-state index contributed by atoms with van der Waals surface area (Å²) in [4.78, 5) is 5.47. The molecule has 6 nitrogen and oxygen atoms in total. The predicted octanol–water partition coefficient (Wildman–Crippen LogP) is 11.1. The van der Waals surface area contributed by atoms with Gasteiger partial charge in [0.15, 0.2) is 0 Å². The third kappa shape index (κ3) is 8.08. The number of fused-ring (bicyclic) bond motifs is 2. The zero-order valence-corrected chi connectivity index (χ0v) is 33.3. The second kappa shape index (κ2) is 17.4. The Hall–Kier alpha value is -3.76. The van der Waals surface area contributed by atoms with Crippen LogP contribution in [0.25, 0.3) is 52.9 Å². The molecule has 8 heteroatoms. The van der Waals surface area contributed by atoms with Crippen LogP contribution in [0.15, 0.2) is 60.7 Å². The van der Waals surface area contributed by atoms with Gasteiger partial charge in [0.1, 0.15) is 24.7 Å². The summed E-state index contributed by atoms with van der Waals surface area (Å²) in [5.74, 6) is 1.57. The second-order valence-electron chi connectivity index (χ2n) is 13.2. The summed E-state index contributed by atoms with van der Waals surface area (Å²) < 4.78 is 34.9. The summed E-state index contributed by atoms with van der Waals surface area (Å²) in [6.07, 6.45) is 0. The third-order valence-corrected chi connectivity index (χ3v) is 12.7. The van der Waals surface area contributed by atoms with E-state index in [9.17, 15) is 0 Å². The summed E-state index contributed by atoms with van der Waals surface area (Å²) in [5, 5.41) is 4.49. The van der Waals surface area contributed by atoms with Crippen LogP contribution in [0.4, 0.5) is 0 Å². The summed E-state index contributed by atoms with van der Waals surface area (Å²) >= 11 is 3.82. The first-order valence-corrected chi connectivity index (χ1v) is 19.5. The van der Waals surface area contributed by atoms with Gasteiger partial charge in [0.05, 0.1) is 39.6 Å². The Bertz CT molecular complexity index is 2160. The van der Waals surface area contributed by atoms with Crippen LogP contribution in [0.5, 0.6) is 11.5 Å². The number of aryl methyl sites for hydroxylation is 2. The molecule has 2 aromatic heterocycles. The van der Waals surface area contributed by atoms with E-state index in [0.29, 0.717) is 52.9 Å². The van der Waals surface area contributed by atoms with Gasteiger partial charge in [-0.2, -0.15) is 0 Å². The Morgan fingerprint density at radius 3 is 1.52 bits per heavy atom. The van der Waals surface area contributed by atoms with E-state index in [4.69, 9.17) is 28.4 Å². The van der Waals surface area contributed by atoms with Gasteiger partial charge in [-0.05, 0) is 109 Å². The molecule has 4 aromatic carbocycles. The van der Waals surface area contributed by atoms with Gasteiger partial charge in [0, 0.05) is 44.9 Å². The lowest BCUT2D eigenvalue weighted by atomic mass is 9.90. The molecule has 0 amide bonds. The lowest BCUT2D eigenvalue weighted by Gasteiger charge is -2.20. The maximum atomic E-state index is 6.55. The van der Waals surface area contributed by atoms with Gasteiger partial charge in [-0.15, -0.1) is 22.7 Å². The van der Waals surface area contributed by atoms with E-state index < -0.39 is 0 Å². The molecule has 52 heavy (non-hydrogen) atoms. The summed E-state index contributed by atoms with van der Waals surface area (Å²) in [6.45, 7) is 17.2. The predicted molar refractivity (Wildman–Crippen MR) is 218 cm³/mol. The molecule has 0 aliphatic rings. The van der Waals surface area contributed by atoms with Crippen molar-refractivity contribution in [2.75, 3.05) is 67.1 Å². The number of hydrogen-bond acceptors (Lipinski definition) is 8. The molecule has 274 valence electrons. The van der Waals surface area contributed by atoms with E-state index in [-0.39, 0.29) is 0 Å². The molecule has 0 unspecified atom stereocenters. The maximum Gasteiger partial charge on any atom is 0.128 e. The molecule has 0 spiro atoms. The van der Waals surface area contributed by atoms with Crippen molar-refractivity contribution in [1.29, 1.82) is 0 Å². The molecule has 0 saturated carbocycles. The van der Waals surface area contributed by atoms with Gasteiger partial charge in [0.2, 0.25) is 0 Å².